The Bertz CT molecular complexity index is 1250. The SMILES string of the molecule is O=C(Cn1c(Cl)cnc(NCC(F)(F)C2=CC=CCN2O)c1=O)NCc1ncccc1SCC(F)(F)F. The van der Waals surface area contributed by atoms with Gasteiger partial charge in [-0.05, 0) is 18.2 Å². The molecule has 1 aliphatic heterocycles. The molecule has 0 fully saturated rings. The second kappa shape index (κ2) is 11.9. The topological polar surface area (TPSA) is 112 Å². The number of hydroxylamine groups is 2. The van der Waals surface area contributed by atoms with E-state index in [4.69, 9.17) is 11.6 Å². The van der Waals surface area contributed by atoms with E-state index in [1.165, 1.54) is 30.5 Å². The molecule has 0 saturated carbocycles. The fourth-order valence-electron chi connectivity index (χ4n) is 3.07. The van der Waals surface area contributed by atoms with Gasteiger partial charge in [-0.2, -0.15) is 22.0 Å². The number of nitrogens with zero attached hydrogens (tertiary/aromatic N) is 4. The van der Waals surface area contributed by atoms with Gasteiger partial charge < -0.3 is 10.6 Å². The second-order valence-electron chi connectivity index (χ2n) is 7.57. The van der Waals surface area contributed by atoms with Crippen molar-refractivity contribution in [2.45, 2.75) is 30.1 Å². The first-order chi connectivity index (χ1) is 17.4. The smallest absolute Gasteiger partial charge is 0.359 e. The number of pyridine rings is 1. The molecule has 0 spiro atoms. The van der Waals surface area contributed by atoms with E-state index in [1.54, 1.807) is 0 Å². The van der Waals surface area contributed by atoms with Crippen molar-refractivity contribution in [3.63, 3.8) is 0 Å². The molecule has 0 saturated heterocycles. The summed E-state index contributed by atoms with van der Waals surface area (Å²) in [7, 11) is 0. The highest BCUT2D eigenvalue weighted by Gasteiger charge is 2.38. The maximum Gasteiger partial charge on any atom is 0.398 e. The number of alkyl halides is 5. The first-order valence-electron chi connectivity index (χ1n) is 10.5. The van der Waals surface area contributed by atoms with E-state index >= 15 is 0 Å². The highest BCUT2D eigenvalue weighted by atomic mass is 35.5. The van der Waals surface area contributed by atoms with Crippen LogP contribution >= 0.6 is 23.4 Å². The van der Waals surface area contributed by atoms with Crippen molar-refractivity contribution in [2.75, 3.05) is 24.2 Å². The Kier molecular flexibility index (Phi) is 9.15. The molecule has 16 heteroatoms. The zero-order valence-corrected chi connectivity index (χ0v) is 20.4. The number of allylic oxidation sites excluding steroid dienone is 2. The van der Waals surface area contributed by atoms with E-state index in [2.05, 4.69) is 20.6 Å². The molecule has 2 aromatic heterocycles. The first kappa shape index (κ1) is 28.4. The van der Waals surface area contributed by atoms with Crippen LogP contribution in [-0.4, -0.2) is 61.7 Å². The van der Waals surface area contributed by atoms with E-state index in [0.717, 1.165) is 16.8 Å². The fourth-order valence-corrected chi connectivity index (χ4v) is 4.04. The number of hydrogen-bond donors (Lipinski definition) is 3. The van der Waals surface area contributed by atoms with E-state index in [1.807, 2.05) is 0 Å². The van der Waals surface area contributed by atoms with Crippen LogP contribution in [0, 0.1) is 0 Å². The van der Waals surface area contributed by atoms with Crippen molar-refractivity contribution in [1.29, 1.82) is 0 Å². The normalized spacial score (nSPS) is 13.9. The molecule has 0 aromatic carbocycles. The number of anilines is 1. The second-order valence-corrected chi connectivity index (χ2v) is 8.97. The van der Waals surface area contributed by atoms with Crippen LogP contribution in [-0.2, 0) is 17.9 Å². The van der Waals surface area contributed by atoms with Crippen LogP contribution in [0.5, 0.6) is 0 Å². The maximum atomic E-state index is 14.5. The molecule has 0 atom stereocenters. The van der Waals surface area contributed by atoms with Gasteiger partial charge in [-0.1, -0.05) is 23.8 Å². The lowest BCUT2D eigenvalue weighted by atomic mass is 10.1. The average molecular weight is 567 g/mol. The minimum absolute atomic E-state index is 0.135. The summed E-state index contributed by atoms with van der Waals surface area (Å²) < 4.78 is 67.4. The lowest BCUT2D eigenvalue weighted by Crippen LogP contribution is -2.40. The summed E-state index contributed by atoms with van der Waals surface area (Å²) in [5.41, 5.74) is -1.46. The van der Waals surface area contributed by atoms with E-state index in [0.29, 0.717) is 16.8 Å². The van der Waals surface area contributed by atoms with Crippen LogP contribution in [0.2, 0.25) is 5.15 Å². The summed E-state index contributed by atoms with van der Waals surface area (Å²) in [6, 6.07) is 2.89. The number of carbonyl (C=O) groups excluding carboxylic acids is 1. The summed E-state index contributed by atoms with van der Waals surface area (Å²) >= 11 is 6.48. The molecule has 3 N–H and O–H groups in total. The van der Waals surface area contributed by atoms with Gasteiger partial charge in [0.2, 0.25) is 5.91 Å². The third-order valence-electron chi connectivity index (χ3n) is 4.80. The Morgan fingerprint density at radius 2 is 2.00 bits per heavy atom. The third-order valence-corrected chi connectivity index (χ3v) is 6.26. The molecule has 37 heavy (non-hydrogen) atoms. The highest BCUT2D eigenvalue weighted by Crippen LogP contribution is 2.29. The summed E-state index contributed by atoms with van der Waals surface area (Å²) in [6.07, 6.45) is 1.79. The minimum Gasteiger partial charge on any atom is -0.359 e. The van der Waals surface area contributed by atoms with Crippen LogP contribution < -0.4 is 16.2 Å². The number of nitrogens with one attached hydrogen (secondary N) is 2. The van der Waals surface area contributed by atoms with Crippen molar-refractivity contribution in [2.24, 2.45) is 0 Å². The fraction of sp³-hybridized carbons (Fsp3) is 0.333. The van der Waals surface area contributed by atoms with Crippen LogP contribution in [0.25, 0.3) is 0 Å². The third kappa shape index (κ3) is 7.90. The maximum absolute atomic E-state index is 14.5. The monoisotopic (exact) mass is 566 g/mol. The number of rotatable bonds is 10. The van der Waals surface area contributed by atoms with Crippen LogP contribution in [0.3, 0.4) is 0 Å². The van der Waals surface area contributed by atoms with E-state index < -0.39 is 53.9 Å². The van der Waals surface area contributed by atoms with Crippen LogP contribution in [0.4, 0.5) is 27.8 Å². The molecular weight excluding hydrogens is 547 g/mol. The van der Waals surface area contributed by atoms with Crippen LogP contribution in [0.1, 0.15) is 5.69 Å². The zero-order valence-electron chi connectivity index (χ0n) is 18.8. The average Bonchev–Trinajstić information content (AvgIpc) is 2.83. The lowest BCUT2D eigenvalue weighted by molar-refractivity contribution is -0.122. The minimum atomic E-state index is -4.39. The van der Waals surface area contributed by atoms with Crippen LogP contribution in [0.15, 0.2) is 58.1 Å². The summed E-state index contributed by atoms with van der Waals surface area (Å²) in [5.74, 6) is -5.95. The molecule has 200 valence electrons. The molecule has 1 aliphatic rings. The Hall–Kier alpha value is -3.17. The quantitative estimate of drug-likeness (QED) is 0.296. The summed E-state index contributed by atoms with van der Waals surface area (Å²) in [4.78, 5) is 33.1. The largest absolute Gasteiger partial charge is 0.398 e. The van der Waals surface area contributed by atoms with Gasteiger partial charge in [0.25, 0.3) is 5.56 Å². The van der Waals surface area contributed by atoms with Crippen molar-refractivity contribution in [3.05, 3.63) is 69.7 Å². The van der Waals surface area contributed by atoms with Crippen molar-refractivity contribution in [3.8, 4) is 0 Å². The Morgan fingerprint density at radius 3 is 2.70 bits per heavy atom. The van der Waals surface area contributed by atoms with Gasteiger partial charge in [0.05, 0.1) is 37.3 Å². The highest BCUT2D eigenvalue weighted by molar-refractivity contribution is 7.99. The number of hydrogen-bond acceptors (Lipinski definition) is 8. The molecule has 3 rings (SSSR count). The Morgan fingerprint density at radius 1 is 1.24 bits per heavy atom. The van der Waals surface area contributed by atoms with Gasteiger partial charge in [-0.15, -0.1) is 11.8 Å². The molecule has 0 unspecified atom stereocenters. The summed E-state index contributed by atoms with van der Waals surface area (Å²) in [5, 5.41) is 14.4. The molecule has 3 heterocycles. The first-order valence-corrected chi connectivity index (χ1v) is 11.8. The molecule has 1 amide bonds. The van der Waals surface area contributed by atoms with Crippen molar-refractivity contribution >= 4 is 35.1 Å². The number of halogens is 6. The molecule has 2 aromatic rings. The van der Waals surface area contributed by atoms with Gasteiger partial charge >= 0.3 is 12.1 Å². The van der Waals surface area contributed by atoms with Gasteiger partial charge in [0.1, 0.15) is 17.4 Å². The van der Waals surface area contributed by atoms with Crippen molar-refractivity contribution in [1.82, 2.24) is 24.9 Å². The lowest BCUT2D eigenvalue weighted by Gasteiger charge is -2.28. The molecule has 0 bridgehead atoms. The number of aromatic nitrogens is 3. The van der Waals surface area contributed by atoms with Gasteiger partial charge in [-0.3, -0.25) is 29.4 Å². The Balaban J connectivity index is 1.65. The van der Waals surface area contributed by atoms with E-state index in [9.17, 15) is 36.7 Å². The number of thioether (sulfide) groups is 1. The van der Waals surface area contributed by atoms with Crippen molar-refractivity contribution < 1.29 is 32.0 Å². The number of carbonyl (C=O) groups is 1. The Labute approximate surface area is 216 Å². The number of amides is 1. The predicted octanol–water partition coefficient (Wildman–Crippen LogP) is 3.45. The van der Waals surface area contributed by atoms with E-state index in [-0.39, 0.29) is 28.8 Å². The predicted molar refractivity (Wildman–Crippen MR) is 126 cm³/mol. The molecule has 0 aliphatic carbocycles. The standard InChI is InChI=1S/C21H20ClF5N6O3S/c22-16-9-30-18(31-11-20(23,24)15-5-1-2-7-33(15)36)19(35)32(16)10-17(34)29-8-13-14(4-3-6-28-13)37-12-21(25,26)27/h1-6,9,36H,7-8,10-12H2,(H,29,34)(H,30,31). The van der Waals surface area contributed by atoms with Gasteiger partial charge in [0, 0.05) is 11.1 Å². The molecule has 0 radical (unpaired) electrons. The molecule has 9 nitrogen and oxygen atoms in total. The zero-order chi connectivity index (χ0) is 27.2. The molecular formula is C21H20ClF5N6O3S. The summed E-state index contributed by atoms with van der Waals surface area (Å²) in [6.45, 7) is -2.07. The van der Waals surface area contributed by atoms with Gasteiger partial charge in [-0.25, -0.2) is 4.98 Å². The van der Waals surface area contributed by atoms with Gasteiger partial charge in [0.15, 0.2) is 5.82 Å².